The number of fused-ring (bicyclic) bond motifs is 1. The van der Waals surface area contributed by atoms with E-state index in [-0.39, 0.29) is 16.4 Å². The van der Waals surface area contributed by atoms with Gasteiger partial charge in [0.15, 0.2) is 11.5 Å². The van der Waals surface area contributed by atoms with Gasteiger partial charge in [-0.2, -0.15) is 5.10 Å². The molecule has 2 atom stereocenters. The van der Waals surface area contributed by atoms with Gasteiger partial charge in [-0.05, 0) is 12.0 Å². The van der Waals surface area contributed by atoms with E-state index in [0.29, 0.717) is 36.3 Å². The fourth-order valence-electron chi connectivity index (χ4n) is 2.20. The van der Waals surface area contributed by atoms with E-state index < -0.39 is 6.04 Å². The molecule has 10 heteroatoms. The van der Waals surface area contributed by atoms with Gasteiger partial charge in [0.1, 0.15) is 11.4 Å². The van der Waals surface area contributed by atoms with Crippen LogP contribution < -0.4 is 16.9 Å². The third-order valence-electron chi connectivity index (χ3n) is 3.23. The van der Waals surface area contributed by atoms with E-state index in [1.807, 2.05) is 0 Å². The Labute approximate surface area is 129 Å². The molecule has 0 saturated carbocycles. The fourth-order valence-corrected chi connectivity index (χ4v) is 4.25. The molecule has 2 rings (SSSR count). The van der Waals surface area contributed by atoms with Crippen molar-refractivity contribution < 1.29 is 14.4 Å². The number of rotatable bonds is 6. The highest BCUT2D eigenvalue weighted by Crippen LogP contribution is 2.40. The zero-order valence-electron chi connectivity index (χ0n) is 11.0. The summed E-state index contributed by atoms with van der Waals surface area (Å²) in [7, 11) is 0. The molecule has 0 aromatic rings. The number of hydrazone groups is 1. The molecule has 0 aliphatic carbocycles. The number of nitrogens with one attached hydrogen (secondary N) is 1. The van der Waals surface area contributed by atoms with Gasteiger partial charge in [0, 0.05) is 11.5 Å². The van der Waals surface area contributed by atoms with E-state index in [2.05, 4.69) is 10.4 Å². The highest BCUT2D eigenvalue weighted by molar-refractivity contribution is 8.13. The molecule has 0 bridgehead atoms. The first-order valence-electron chi connectivity index (χ1n) is 6.11. The van der Waals surface area contributed by atoms with E-state index >= 15 is 0 Å². The molecule has 1 fully saturated rings. The van der Waals surface area contributed by atoms with Crippen LogP contribution in [0.2, 0.25) is 0 Å². The monoisotopic (exact) mass is 329 g/mol. The van der Waals surface area contributed by atoms with Crippen molar-refractivity contribution in [3.8, 4) is 0 Å². The Morgan fingerprint density at radius 2 is 2.33 bits per heavy atom. The van der Waals surface area contributed by atoms with Gasteiger partial charge in [-0.25, -0.2) is 0 Å². The molecule has 114 valence electrons. The highest BCUT2D eigenvalue weighted by Gasteiger charge is 2.51. The van der Waals surface area contributed by atoms with Gasteiger partial charge in [0.25, 0.3) is 5.91 Å². The van der Waals surface area contributed by atoms with Crippen molar-refractivity contribution in [2.45, 2.75) is 17.8 Å². The molecule has 2 aliphatic heterocycles. The summed E-state index contributed by atoms with van der Waals surface area (Å²) in [6.07, 6.45) is 1.82. The van der Waals surface area contributed by atoms with Crippen molar-refractivity contribution in [3.05, 3.63) is 11.3 Å². The van der Waals surface area contributed by atoms with Crippen LogP contribution in [0.15, 0.2) is 16.4 Å². The third kappa shape index (κ3) is 3.00. The fraction of sp³-hybridized carbons (Fsp3) is 0.455. The van der Waals surface area contributed by atoms with E-state index in [1.54, 1.807) is 0 Å². The summed E-state index contributed by atoms with van der Waals surface area (Å²) in [4.78, 5) is 35.2. The molecule has 8 nitrogen and oxygen atoms in total. The SMILES string of the molecule is N/N=C(\N)SCCC1=C(C=O)N2C(=O)C(NC=O)C2SC1. The van der Waals surface area contributed by atoms with Crippen molar-refractivity contribution in [3.63, 3.8) is 0 Å². The maximum atomic E-state index is 12.0. The van der Waals surface area contributed by atoms with E-state index in [1.165, 1.54) is 28.4 Å². The Morgan fingerprint density at radius 3 is 2.95 bits per heavy atom. The molecule has 0 radical (unpaired) electrons. The number of thioether (sulfide) groups is 2. The minimum atomic E-state index is -0.543. The number of β-lactam (4-membered cyclic amide) rings is 1. The minimum Gasteiger partial charge on any atom is -0.377 e. The summed E-state index contributed by atoms with van der Waals surface area (Å²) in [6, 6.07) is -0.543. The summed E-state index contributed by atoms with van der Waals surface area (Å²) in [5.41, 5.74) is 6.77. The lowest BCUT2D eigenvalue weighted by atomic mass is 10.0. The van der Waals surface area contributed by atoms with Gasteiger partial charge in [-0.15, -0.1) is 11.8 Å². The Morgan fingerprint density at radius 1 is 1.57 bits per heavy atom. The summed E-state index contributed by atoms with van der Waals surface area (Å²) in [5, 5.41) is 5.90. The van der Waals surface area contributed by atoms with Crippen LogP contribution in [0.25, 0.3) is 0 Å². The van der Waals surface area contributed by atoms with Crippen LogP contribution in [0.3, 0.4) is 0 Å². The number of allylic oxidation sites excluding steroid dienone is 1. The van der Waals surface area contributed by atoms with Crippen molar-refractivity contribution in [2.75, 3.05) is 11.5 Å². The maximum absolute atomic E-state index is 12.0. The Balaban J connectivity index is 2.05. The average Bonchev–Trinajstić information content (AvgIpc) is 2.51. The normalized spacial score (nSPS) is 25.2. The maximum Gasteiger partial charge on any atom is 0.253 e. The summed E-state index contributed by atoms with van der Waals surface area (Å²) < 4.78 is 0. The smallest absolute Gasteiger partial charge is 0.253 e. The quantitative estimate of drug-likeness (QED) is 0.139. The van der Waals surface area contributed by atoms with Crippen molar-refractivity contribution in [1.29, 1.82) is 0 Å². The molecule has 1 saturated heterocycles. The second kappa shape index (κ2) is 6.85. The Kier molecular flexibility index (Phi) is 5.12. The molecule has 21 heavy (non-hydrogen) atoms. The van der Waals surface area contributed by atoms with Gasteiger partial charge in [-0.1, -0.05) is 11.8 Å². The number of nitrogens with zero attached hydrogens (tertiary/aromatic N) is 2. The average molecular weight is 329 g/mol. The lowest BCUT2D eigenvalue weighted by Crippen LogP contribution is -2.69. The molecule has 2 unspecified atom stereocenters. The largest absolute Gasteiger partial charge is 0.377 e. The van der Waals surface area contributed by atoms with Crippen LogP contribution in [0.4, 0.5) is 0 Å². The van der Waals surface area contributed by atoms with Gasteiger partial charge >= 0.3 is 0 Å². The first-order chi connectivity index (χ1) is 10.1. The zero-order chi connectivity index (χ0) is 15.4. The minimum absolute atomic E-state index is 0.199. The number of carbonyl (C=O) groups excluding carboxylic acids is 3. The summed E-state index contributed by atoms with van der Waals surface area (Å²) in [6.45, 7) is 0. The van der Waals surface area contributed by atoms with Gasteiger partial charge in [0.05, 0.1) is 5.70 Å². The Hall–Kier alpha value is -1.68. The molecule has 0 spiro atoms. The molecule has 0 aromatic heterocycles. The number of carbonyl (C=O) groups is 3. The molecular weight excluding hydrogens is 314 g/mol. The predicted molar refractivity (Wildman–Crippen MR) is 82.1 cm³/mol. The number of amidine groups is 1. The summed E-state index contributed by atoms with van der Waals surface area (Å²) >= 11 is 2.82. The predicted octanol–water partition coefficient (Wildman–Crippen LogP) is -1.22. The molecule has 2 aliphatic rings. The van der Waals surface area contributed by atoms with Crippen LogP contribution in [0, 0.1) is 0 Å². The lowest BCUT2D eigenvalue weighted by Gasteiger charge is -2.49. The standard InChI is InChI=1S/C11H15N5O3S2/c12-11(15-13)20-2-1-6-4-21-10-8(14-5-18)9(19)16(10)7(6)3-17/h3,5,8,10H,1-2,4,13H2,(H2,12,15)(H,14,18). The van der Waals surface area contributed by atoms with Crippen LogP contribution in [0.5, 0.6) is 0 Å². The second-order valence-electron chi connectivity index (χ2n) is 4.34. The Bertz CT molecular complexity index is 522. The molecule has 5 N–H and O–H groups in total. The van der Waals surface area contributed by atoms with Crippen molar-refractivity contribution in [1.82, 2.24) is 10.2 Å². The van der Waals surface area contributed by atoms with Crippen molar-refractivity contribution >= 4 is 47.3 Å². The molecular formula is C11H15N5O3S2. The van der Waals surface area contributed by atoms with E-state index in [4.69, 9.17) is 11.6 Å². The number of hydrogen-bond acceptors (Lipinski definition) is 7. The van der Waals surface area contributed by atoms with Gasteiger partial charge in [0.2, 0.25) is 6.41 Å². The first kappa shape index (κ1) is 15.7. The van der Waals surface area contributed by atoms with Crippen LogP contribution in [0.1, 0.15) is 6.42 Å². The topological polar surface area (TPSA) is 131 Å². The van der Waals surface area contributed by atoms with E-state index in [9.17, 15) is 14.4 Å². The number of nitrogens with two attached hydrogens (primary N) is 2. The van der Waals surface area contributed by atoms with Gasteiger partial charge in [-0.3, -0.25) is 19.3 Å². The van der Waals surface area contributed by atoms with E-state index in [0.717, 1.165) is 5.57 Å². The summed E-state index contributed by atoms with van der Waals surface area (Å²) in [5.74, 6) is 6.05. The first-order valence-corrected chi connectivity index (χ1v) is 8.15. The van der Waals surface area contributed by atoms with Crippen molar-refractivity contribution in [2.24, 2.45) is 16.7 Å². The number of aldehydes is 1. The van der Waals surface area contributed by atoms with Crippen LogP contribution in [-0.4, -0.2) is 51.6 Å². The lowest BCUT2D eigenvalue weighted by molar-refractivity contribution is -0.145. The number of amides is 2. The van der Waals surface area contributed by atoms with Gasteiger partial charge < -0.3 is 16.9 Å². The third-order valence-corrected chi connectivity index (χ3v) is 5.38. The van der Waals surface area contributed by atoms with Crippen LogP contribution >= 0.6 is 23.5 Å². The molecule has 0 aromatic carbocycles. The highest BCUT2D eigenvalue weighted by atomic mass is 32.2. The zero-order valence-corrected chi connectivity index (χ0v) is 12.7. The van der Waals surface area contributed by atoms with Crippen LogP contribution in [-0.2, 0) is 14.4 Å². The molecule has 2 amide bonds. The second-order valence-corrected chi connectivity index (χ2v) is 6.56. The molecule has 2 heterocycles. The number of hydrogen-bond donors (Lipinski definition) is 3.